The van der Waals surface area contributed by atoms with Gasteiger partial charge in [-0.2, -0.15) is 0 Å². The van der Waals surface area contributed by atoms with Gasteiger partial charge < -0.3 is 15.8 Å². The molecule has 0 radical (unpaired) electrons. The van der Waals surface area contributed by atoms with E-state index in [2.05, 4.69) is 5.32 Å². The van der Waals surface area contributed by atoms with Crippen LogP contribution >= 0.6 is 0 Å². The zero-order valence-corrected chi connectivity index (χ0v) is 12.1. The van der Waals surface area contributed by atoms with Gasteiger partial charge in [0, 0.05) is 12.1 Å². The molecular weight excluding hydrogens is 264 g/mol. The molecule has 1 amide bonds. The van der Waals surface area contributed by atoms with E-state index in [1.807, 2.05) is 31.2 Å². The van der Waals surface area contributed by atoms with Gasteiger partial charge in [0.15, 0.2) is 0 Å². The molecule has 0 spiro atoms. The minimum atomic E-state index is -0.229. The van der Waals surface area contributed by atoms with Crippen molar-refractivity contribution in [2.45, 2.75) is 6.92 Å². The molecule has 0 aromatic heterocycles. The molecule has 21 heavy (non-hydrogen) atoms. The van der Waals surface area contributed by atoms with Gasteiger partial charge in [0.05, 0.1) is 18.5 Å². The smallest absolute Gasteiger partial charge is 0.248 e. The van der Waals surface area contributed by atoms with Gasteiger partial charge in [-0.3, -0.25) is 4.79 Å². The zero-order valence-electron chi connectivity index (χ0n) is 12.1. The van der Waals surface area contributed by atoms with Crippen molar-refractivity contribution in [3.05, 3.63) is 59.7 Å². The summed E-state index contributed by atoms with van der Waals surface area (Å²) in [5.74, 6) is 0.424. The largest absolute Gasteiger partial charge is 0.497 e. The Labute approximate surface area is 124 Å². The fourth-order valence-electron chi connectivity index (χ4n) is 1.81. The number of anilines is 2. The van der Waals surface area contributed by atoms with Crippen molar-refractivity contribution in [3.63, 3.8) is 0 Å². The number of benzene rings is 2. The van der Waals surface area contributed by atoms with Gasteiger partial charge >= 0.3 is 0 Å². The van der Waals surface area contributed by atoms with Gasteiger partial charge in [-0.25, -0.2) is 0 Å². The van der Waals surface area contributed by atoms with Crippen LogP contribution < -0.4 is 15.8 Å². The summed E-state index contributed by atoms with van der Waals surface area (Å²) in [6, 6.07) is 13.0. The number of amides is 1. The molecule has 0 aliphatic rings. The molecule has 2 aromatic rings. The van der Waals surface area contributed by atoms with Crippen molar-refractivity contribution in [2.24, 2.45) is 0 Å². The SMILES string of the molecule is COc1ccc(NC(=O)/C=C/c2ccc(C)cc2)c(N)c1. The maximum absolute atomic E-state index is 11.9. The van der Waals surface area contributed by atoms with E-state index < -0.39 is 0 Å². The van der Waals surface area contributed by atoms with Crippen molar-refractivity contribution in [3.8, 4) is 5.75 Å². The molecule has 3 N–H and O–H groups in total. The lowest BCUT2D eigenvalue weighted by atomic mass is 10.1. The highest BCUT2D eigenvalue weighted by molar-refractivity contribution is 6.03. The lowest BCUT2D eigenvalue weighted by molar-refractivity contribution is -0.111. The molecule has 0 aliphatic heterocycles. The van der Waals surface area contributed by atoms with Crippen molar-refractivity contribution >= 4 is 23.4 Å². The Hall–Kier alpha value is -2.75. The van der Waals surface area contributed by atoms with Crippen LogP contribution in [0.2, 0.25) is 0 Å². The molecule has 0 fully saturated rings. The fourth-order valence-corrected chi connectivity index (χ4v) is 1.81. The first-order valence-corrected chi connectivity index (χ1v) is 6.58. The number of rotatable bonds is 4. The Kier molecular flexibility index (Phi) is 4.61. The number of carbonyl (C=O) groups excluding carboxylic acids is 1. The maximum Gasteiger partial charge on any atom is 0.248 e. The fraction of sp³-hybridized carbons (Fsp3) is 0.118. The third kappa shape index (κ3) is 4.11. The summed E-state index contributed by atoms with van der Waals surface area (Å²) < 4.78 is 5.06. The van der Waals surface area contributed by atoms with E-state index in [1.54, 1.807) is 31.4 Å². The Morgan fingerprint density at radius 2 is 1.90 bits per heavy atom. The summed E-state index contributed by atoms with van der Waals surface area (Å²) in [5, 5.41) is 2.74. The lowest BCUT2D eigenvalue weighted by Gasteiger charge is -2.08. The molecule has 0 unspecified atom stereocenters. The molecule has 0 heterocycles. The monoisotopic (exact) mass is 282 g/mol. The molecule has 2 rings (SSSR count). The lowest BCUT2D eigenvalue weighted by Crippen LogP contribution is -2.09. The van der Waals surface area contributed by atoms with Gasteiger partial charge in [-0.05, 0) is 30.7 Å². The summed E-state index contributed by atoms with van der Waals surface area (Å²) in [6.45, 7) is 2.02. The quantitative estimate of drug-likeness (QED) is 0.668. The number of nitrogens with one attached hydrogen (secondary N) is 1. The summed E-state index contributed by atoms with van der Waals surface area (Å²) in [4.78, 5) is 11.9. The van der Waals surface area contributed by atoms with Crippen molar-refractivity contribution in [1.82, 2.24) is 0 Å². The van der Waals surface area contributed by atoms with E-state index >= 15 is 0 Å². The minimum Gasteiger partial charge on any atom is -0.497 e. The summed E-state index contributed by atoms with van der Waals surface area (Å²) in [7, 11) is 1.57. The van der Waals surface area contributed by atoms with Crippen LogP contribution in [0, 0.1) is 6.92 Å². The highest BCUT2D eigenvalue weighted by Crippen LogP contribution is 2.23. The average Bonchev–Trinajstić information content (AvgIpc) is 2.48. The first-order valence-electron chi connectivity index (χ1n) is 6.58. The van der Waals surface area contributed by atoms with Gasteiger partial charge in [-0.1, -0.05) is 29.8 Å². The van der Waals surface area contributed by atoms with Crippen LogP contribution in [0.3, 0.4) is 0 Å². The summed E-state index contributed by atoms with van der Waals surface area (Å²) in [5.41, 5.74) is 9.03. The Bertz CT molecular complexity index is 661. The van der Waals surface area contributed by atoms with E-state index in [1.165, 1.54) is 11.6 Å². The van der Waals surface area contributed by atoms with E-state index in [0.29, 0.717) is 17.1 Å². The van der Waals surface area contributed by atoms with Crippen molar-refractivity contribution in [1.29, 1.82) is 0 Å². The first-order chi connectivity index (χ1) is 10.1. The minimum absolute atomic E-state index is 0.229. The third-order valence-electron chi connectivity index (χ3n) is 3.02. The first kappa shape index (κ1) is 14.7. The predicted molar refractivity (Wildman–Crippen MR) is 86.2 cm³/mol. The van der Waals surface area contributed by atoms with E-state index in [0.717, 1.165) is 5.56 Å². The van der Waals surface area contributed by atoms with Gasteiger partial charge in [0.25, 0.3) is 0 Å². The molecule has 0 atom stereocenters. The van der Waals surface area contributed by atoms with Crippen LogP contribution in [0.25, 0.3) is 6.08 Å². The highest BCUT2D eigenvalue weighted by Gasteiger charge is 2.03. The number of nitrogen functional groups attached to an aromatic ring is 1. The molecule has 2 aromatic carbocycles. The van der Waals surface area contributed by atoms with Crippen LogP contribution in [0.5, 0.6) is 5.75 Å². The maximum atomic E-state index is 11.9. The molecule has 0 saturated carbocycles. The standard InChI is InChI=1S/C17H18N2O2/c1-12-3-5-13(6-4-12)7-10-17(20)19-16-9-8-14(21-2)11-15(16)18/h3-11H,18H2,1-2H3,(H,19,20)/b10-7+. The topological polar surface area (TPSA) is 64.3 Å². The van der Waals surface area contributed by atoms with Crippen LogP contribution in [-0.4, -0.2) is 13.0 Å². The summed E-state index contributed by atoms with van der Waals surface area (Å²) in [6.07, 6.45) is 3.24. The molecule has 0 aliphatic carbocycles. The van der Waals surface area contributed by atoms with E-state index in [4.69, 9.17) is 10.5 Å². The number of hydrogen-bond donors (Lipinski definition) is 2. The Balaban J connectivity index is 2.03. The normalized spacial score (nSPS) is 10.6. The highest BCUT2D eigenvalue weighted by atomic mass is 16.5. The number of carbonyl (C=O) groups is 1. The molecule has 0 saturated heterocycles. The van der Waals surface area contributed by atoms with Crippen LogP contribution in [0.1, 0.15) is 11.1 Å². The number of hydrogen-bond acceptors (Lipinski definition) is 3. The second-order valence-electron chi connectivity index (χ2n) is 4.69. The van der Waals surface area contributed by atoms with E-state index in [9.17, 15) is 4.79 Å². The number of aryl methyl sites for hydroxylation is 1. The van der Waals surface area contributed by atoms with Gasteiger partial charge in [-0.15, -0.1) is 0 Å². The number of ether oxygens (including phenoxy) is 1. The van der Waals surface area contributed by atoms with Crippen LogP contribution in [0.15, 0.2) is 48.5 Å². The number of methoxy groups -OCH3 is 1. The van der Waals surface area contributed by atoms with Gasteiger partial charge in [0.1, 0.15) is 5.75 Å². The molecule has 0 bridgehead atoms. The van der Waals surface area contributed by atoms with Crippen molar-refractivity contribution in [2.75, 3.05) is 18.2 Å². The number of nitrogens with two attached hydrogens (primary N) is 1. The van der Waals surface area contributed by atoms with Crippen molar-refractivity contribution < 1.29 is 9.53 Å². The Morgan fingerprint density at radius 3 is 2.52 bits per heavy atom. The molecular formula is C17H18N2O2. The zero-order chi connectivity index (χ0) is 15.2. The molecule has 4 heteroatoms. The summed E-state index contributed by atoms with van der Waals surface area (Å²) >= 11 is 0. The Morgan fingerprint density at radius 1 is 1.19 bits per heavy atom. The molecule has 4 nitrogen and oxygen atoms in total. The van der Waals surface area contributed by atoms with E-state index in [-0.39, 0.29) is 5.91 Å². The van der Waals surface area contributed by atoms with Gasteiger partial charge in [0.2, 0.25) is 5.91 Å². The third-order valence-corrected chi connectivity index (χ3v) is 3.02. The van der Waals surface area contributed by atoms with Crippen LogP contribution in [0.4, 0.5) is 11.4 Å². The average molecular weight is 282 g/mol. The van der Waals surface area contributed by atoms with Crippen LogP contribution in [-0.2, 0) is 4.79 Å². The second-order valence-corrected chi connectivity index (χ2v) is 4.69. The second kappa shape index (κ2) is 6.61. The predicted octanol–water partition coefficient (Wildman–Crippen LogP) is 3.24. The molecule has 108 valence electrons.